The number of nitrogens with one attached hydrogen (secondary N) is 1. The van der Waals surface area contributed by atoms with Crippen molar-refractivity contribution in [3.05, 3.63) is 55.1 Å². The van der Waals surface area contributed by atoms with Gasteiger partial charge in [-0.2, -0.15) is 5.10 Å². The molecule has 1 aliphatic carbocycles. The van der Waals surface area contributed by atoms with Crippen LogP contribution in [-0.4, -0.2) is 34.2 Å². The Balaban J connectivity index is 1.51. The number of nitrogens with zero attached hydrogens (tertiary/aromatic N) is 4. The van der Waals surface area contributed by atoms with Crippen LogP contribution in [0, 0.1) is 0 Å². The molecule has 1 N–H and O–H groups in total. The molecule has 25 heavy (non-hydrogen) atoms. The summed E-state index contributed by atoms with van der Waals surface area (Å²) in [6.45, 7) is 0. The molecule has 7 heteroatoms. The van der Waals surface area contributed by atoms with Crippen LogP contribution in [-0.2, 0) is 10.8 Å². The summed E-state index contributed by atoms with van der Waals surface area (Å²) >= 11 is 0. The molecule has 0 saturated heterocycles. The van der Waals surface area contributed by atoms with Crippen LogP contribution < -0.4 is 0 Å². The Kier molecular flexibility index (Phi) is 3.27. The molecule has 3 heterocycles. The highest BCUT2D eigenvalue weighted by Gasteiger charge is 2.29. The first-order chi connectivity index (χ1) is 12.3. The van der Waals surface area contributed by atoms with E-state index in [-0.39, 0.29) is 0 Å². The van der Waals surface area contributed by atoms with Crippen LogP contribution >= 0.6 is 0 Å². The summed E-state index contributed by atoms with van der Waals surface area (Å²) < 4.78 is 14.4. The van der Waals surface area contributed by atoms with Crippen LogP contribution in [0.3, 0.4) is 0 Å². The predicted octanol–water partition coefficient (Wildman–Crippen LogP) is 3.08. The van der Waals surface area contributed by atoms with Gasteiger partial charge < -0.3 is 4.57 Å². The van der Waals surface area contributed by atoms with E-state index in [9.17, 15) is 4.21 Å². The maximum atomic E-state index is 12.3. The minimum absolute atomic E-state index is 0.324. The molecule has 1 fully saturated rings. The van der Waals surface area contributed by atoms with E-state index >= 15 is 0 Å². The molecule has 1 atom stereocenters. The third kappa shape index (κ3) is 2.56. The van der Waals surface area contributed by atoms with Gasteiger partial charge in [0.2, 0.25) is 0 Å². The Labute approximate surface area is 146 Å². The van der Waals surface area contributed by atoms with E-state index in [0.29, 0.717) is 5.25 Å². The fourth-order valence-electron chi connectivity index (χ4n) is 2.92. The Bertz CT molecular complexity index is 1060. The summed E-state index contributed by atoms with van der Waals surface area (Å²) in [6.07, 6.45) is 7.35. The van der Waals surface area contributed by atoms with Gasteiger partial charge >= 0.3 is 0 Å². The average molecular weight is 349 g/mol. The molecule has 1 saturated carbocycles. The van der Waals surface area contributed by atoms with Crippen molar-refractivity contribution in [3.63, 3.8) is 0 Å². The highest BCUT2D eigenvalue weighted by molar-refractivity contribution is 7.86. The van der Waals surface area contributed by atoms with E-state index in [1.165, 1.54) is 6.33 Å². The molecule has 0 aliphatic heterocycles. The van der Waals surface area contributed by atoms with Crippen molar-refractivity contribution >= 4 is 21.8 Å². The van der Waals surface area contributed by atoms with E-state index in [1.807, 2.05) is 47.2 Å². The van der Waals surface area contributed by atoms with Gasteiger partial charge in [0.05, 0.1) is 15.7 Å². The third-order valence-corrected chi connectivity index (χ3v) is 6.16. The number of rotatable bonds is 4. The SMILES string of the molecule is O=S(c1cnc2c(ccn2-c2ccc(-c3ncn[nH]3)cc2)c1)C1CC1. The van der Waals surface area contributed by atoms with Gasteiger partial charge in [0.15, 0.2) is 5.82 Å². The number of H-pyrrole nitrogens is 1. The summed E-state index contributed by atoms with van der Waals surface area (Å²) in [6, 6.07) is 12.1. The first-order valence-electron chi connectivity index (χ1n) is 8.13. The second kappa shape index (κ2) is 5.63. The summed E-state index contributed by atoms with van der Waals surface area (Å²) in [5.74, 6) is 0.745. The molecule has 124 valence electrons. The van der Waals surface area contributed by atoms with Gasteiger partial charge in [0.1, 0.15) is 12.0 Å². The van der Waals surface area contributed by atoms with Gasteiger partial charge in [0.25, 0.3) is 0 Å². The van der Waals surface area contributed by atoms with Crippen molar-refractivity contribution in [2.24, 2.45) is 0 Å². The summed E-state index contributed by atoms with van der Waals surface area (Å²) in [5, 5.41) is 8.06. The second-order valence-corrected chi connectivity index (χ2v) is 7.88. The Hall–Kier alpha value is -2.80. The number of aromatic amines is 1. The number of aromatic nitrogens is 5. The maximum Gasteiger partial charge on any atom is 0.155 e. The van der Waals surface area contributed by atoms with E-state index in [0.717, 1.165) is 45.8 Å². The zero-order valence-corrected chi connectivity index (χ0v) is 14.1. The maximum absolute atomic E-state index is 12.3. The first kappa shape index (κ1) is 14.5. The lowest BCUT2D eigenvalue weighted by molar-refractivity contribution is 0.682. The molecule has 0 bridgehead atoms. The molecule has 0 spiro atoms. The Morgan fingerprint density at radius 3 is 2.68 bits per heavy atom. The van der Waals surface area contributed by atoms with Crippen LogP contribution in [0.4, 0.5) is 0 Å². The standard InChI is InChI=1S/C18H15N5OS/c24-25(15-5-6-15)16-9-13-7-8-23(18(13)19-10-16)14-3-1-12(2-4-14)17-20-11-21-22-17/h1-4,7-11,15H,5-6H2,(H,20,21,22). The molecule has 5 rings (SSSR count). The molecule has 3 aromatic heterocycles. The van der Waals surface area contributed by atoms with Crippen LogP contribution in [0.25, 0.3) is 28.1 Å². The van der Waals surface area contributed by atoms with E-state index in [2.05, 4.69) is 20.2 Å². The monoisotopic (exact) mass is 349 g/mol. The van der Waals surface area contributed by atoms with Crippen molar-refractivity contribution in [2.45, 2.75) is 23.0 Å². The quantitative estimate of drug-likeness (QED) is 0.614. The van der Waals surface area contributed by atoms with Crippen molar-refractivity contribution < 1.29 is 4.21 Å². The van der Waals surface area contributed by atoms with E-state index in [4.69, 9.17) is 0 Å². The van der Waals surface area contributed by atoms with Crippen LogP contribution in [0.2, 0.25) is 0 Å². The normalized spacial score (nSPS) is 15.5. The zero-order valence-electron chi connectivity index (χ0n) is 13.3. The highest BCUT2D eigenvalue weighted by atomic mass is 32.2. The third-order valence-electron chi connectivity index (χ3n) is 4.39. The molecule has 0 amide bonds. The van der Waals surface area contributed by atoms with Crippen molar-refractivity contribution in [3.8, 4) is 17.1 Å². The van der Waals surface area contributed by atoms with Crippen molar-refractivity contribution in [1.82, 2.24) is 24.7 Å². The summed E-state index contributed by atoms with van der Waals surface area (Å²) in [4.78, 5) is 9.55. The molecule has 1 unspecified atom stereocenters. The van der Waals surface area contributed by atoms with Crippen molar-refractivity contribution in [2.75, 3.05) is 0 Å². The fraction of sp³-hybridized carbons (Fsp3) is 0.167. The molecule has 1 aliphatic rings. The number of pyridine rings is 1. The summed E-state index contributed by atoms with van der Waals surface area (Å²) in [5.41, 5.74) is 2.86. The molecular weight excluding hydrogens is 334 g/mol. The summed E-state index contributed by atoms with van der Waals surface area (Å²) in [7, 11) is -0.924. The average Bonchev–Trinajstić information content (AvgIpc) is 3.19. The molecule has 4 aromatic rings. The van der Waals surface area contributed by atoms with Gasteiger partial charge in [-0.3, -0.25) is 9.31 Å². The van der Waals surface area contributed by atoms with Crippen LogP contribution in [0.1, 0.15) is 12.8 Å². The van der Waals surface area contributed by atoms with Gasteiger partial charge in [-0.1, -0.05) is 0 Å². The van der Waals surface area contributed by atoms with Gasteiger partial charge in [-0.05, 0) is 49.2 Å². The molecule has 1 aromatic carbocycles. The smallest absolute Gasteiger partial charge is 0.155 e. The van der Waals surface area contributed by atoms with Gasteiger partial charge in [0, 0.05) is 34.3 Å². The largest absolute Gasteiger partial charge is 0.301 e. The lowest BCUT2D eigenvalue weighted by Gasteiger charge is -2.06. The number of benzene rings is 1. The van der Waals surface area contributed by atoms with E-state index in [1.54, 1.807) is 6.20 Å². The minimum Gasteiger partial charge on any atom is -0.301 e. The van der Waals surface area contributed by atoms with Crippen LogP contribution in [0.15, 0.2) is 60.0 Å². The molecular formula is C18H15N5OS. The molecule has 6 nitrogen and oxygen atoms in total. The zero-order chi connectivity index (χ0) is 16.8. The second-order valence-electron chi connectivity index (χ2n) is 6.15. The Morgan fingerprint density at radius 1 is 1.12 bits per heavy atom. The van der Waals surface area contributed by atoms with E-state index < -0.39 is 10.8 Å². The Morgan fingerprint density at radius 2 is 1.96 bits per heavy atom. The minimum atomic E-state index is -0.924. The van der Waals surface area contributed by atoms with Crippen molar-refractivity contribution in [1.29, 1.82) is 0 Å². The lowest BCUT2D eigenvalue weighted by Crippen LogP contribution is -1.99. The van der Waals surface area contributed by atoms with Gasteiger partial charge in [-0.25, -0.2) is 9.97 Å². The number of hydrogen-bond acceptors (Lipinski definition) is 4. The fourth-order valence-corrected chi connectivity index (χ4v) is 4.27. The topological polar surface area (TPSA) is 76.5 Å². The molecule has 0 radical (unpaired) electrons. The van der Waals surface area contributed by atoms with Crippen LogP contribution in [0.5, 0.6) is 0 Å². The highest BCUT2D eigenvalue weighted by Crippen LogP contribution is 2.31. The van der Waals surface area contributed by atoms with Gasteiger partial charge in [-0.15, -0.1) is 0 Å². The number of fused-ring (bicyclic) bond motifs is 1. The first-order valence-corrected chi connectivity index (χ1v) is 9.35. The number of hydrogen-bond donors (Lipinski definition) is 1. The predicted molar refractivity (Wildman–Crippen MR) is 95.9 cm³/mol. The lowest BCUT2D eigenvalue weighted by atomic mass is 10.2.